The van der Waals surface area contributed by atoms with Crippen LogP contribution >= 0.6 is 11.6 Å². The smallest absolute Gasteiger partial charge is 0.329 e. The Hall–Kier alpha value is -4.45. The van der Waals surface area contributed by atoms with Crippen molar-refractivity contribution in [1.29, 1.82) is 0 Å². The van der Waals surface area contributed by atoms with E-state index in [0.29, 0.717) is 28.8 Å². The first-order chi connectivity index (χ1) is 20.1. The van der Waals surface area contributed by atoms with Crippen molar-refractivity contribution >= 4 is 45.3 Å². The van der Waals surface area contributed by atoms with Gasteiger partial charge in [0.1, 0.15) is 17.3 Å². The summed E-state index contributed by atoms with van der Waals surface area (Å²) < 4.78 is 39.5. The van der Waals surface area contributed by atoms with E-state index in [1.807, 2.05) is 38.1 Å². The Labute approximate surface area is 249 Å². The molecule has 1 aromatic heterocycles. The van der Waals surface area contributed by atoms with Crippen LogP contribution in [0.3, 0.4) is 0 Å². The van der Waals surface area contributed by atoms with Gasteiger partial charge in [0.05, 0.1) is 24.3 Å². The molecule has 2 amide bonds. The molecule has 10 nitrogen and oxygen atoms in total. The Balaban J connectivity index is 1.41. The maximum Gasteiger partial charge on any atom is 0.329 e. The Bertz CT molecular complexity index is 1650. The van der Waals surface area contributed by atoms with Crippen LogP contribution in [0.4, 0.5) is 5.69 Å². The van der Waals surface area contributed by atoms with Crippen LogP contribution in [-0.2, 0) is 32.7 Å². The molecule has 0 aliphatic heterocycles. The average Bonchev–Trinajstić information content (AvgIpc) is 3.42. The Morgan fingerprint density at radius 2 is 1.62 bits per heavy atom. The topological polar surface area (TPSA) is 130 Å². The summed E-state index contributed by atoms with van der Waals surface area (Å²) >= 11 is 5.96. The highest BCUT2D eigenvalue weighted by molar-refractivity contribution is 7.89. The number of halogens is 1. The summed E-state index contributed by atoms with van der Waals surface area (Å²) in [6.45, 7) is 4.36. The fraction of sp³-hybridized carbons (Fsp3) is 0.167. The number of hydrogen-bond donors (Lipinski definition) is 2. The van der Waals surface area contributed by atoms with Gasteiger partial charge in [-0.05, 0) is 80.1 Å². The molecule has 1 heterocycles. The van der Waals surface area contributed by atoms with Gasteiger partial charge in [-0.15, -0.1) is 0 Å². The molecule has 0 aliphatic carbocycles. The summed E-state index contributed by atoms with van der Waals surface area (Å²) in [7, 11) is -3.91. The van der Waals surface area contributed by atoms with E-state index in [-0.39, 0.29) is 23.7 Å². The highest BCUT2D eigenvalue weighted by atomic mass is 35.5. The first-order valence-electron chi connectivity index (χ1n) is 12.9. The molecule has 42 heavy (non-hydrogen) atoms. The van der Waals surface area contributed by atoms with Crippen LogP contribution in [0.25, 0.3) is 0 Å². The zero-order chi connectivity index (χ0) is 30.1. The molecule has 4 aromatic rings. The fourth-order valence-electron chi connectivity index (χ4n) is 3.80. The van der Waals surface area contributed by atoms with Crippen molar-refractivity contribution < 1.29 is 27.2 Å². The molecule has 4 rings (SSSR count). The Morgan fingerprint density at radius 3 is 2.29 bits per heavy atom. The second kappa shape index (κ2) is 13.9. The molecule has 0 saturated heterocycles. The predicted molar refractivity (Wildman–Crippen MR) is 160 cm³/mol. The minimum absolute atomic E-state index is 0.0659. The molecule has 2 N–H and O–H groups in total. The summed E-state index contributed by atoms with van der Waals surface area (Å²) in [5, 5.41) is 6.66. The number of hydrazone groups is 1. The van der Waals surface area contributed by atoms with Crippen molar-refractivity contribution in [2.75, 3.05) is 11.9 Å². The van der Waals surface area contributed by atoms with Crippen molar-refractivity contribution in [3.63, 3.8) is 0 Å². The number of anilines is 1. The van der Waals surface area contributed by atoms with E-state index in [1.54, 1.807) is 36.4 Å². The van der Waals surface area contributed by atoms with Gasteiger partial charge in [-0.3, -0.25) is 9.59 Å². The summed E-state index contributed by atoms with van der Waals surface area (Å²) in [6.07, 6.45) is 1.21. The number of amides is 2. The van der Waals surface area contributed by atoms with E-state index in [2.05, 4.69) is 15.8 Å². The number of nitrogens with zero attached hydrogens (tertiary/aromatic N) is 2. The second-order valence-corrected chi connectivity index (χ2v) is 11.5. The van der Waals surface area contributed by atoms with E-state index >= 15 is 0 Å². The van der Waals surface area contributed by atoms with Gasteiger partial charge in [-0.1, -0.05) is 41.4 Å². The van der Waals surface area contributed by atoms with Gasteiger partial charge >= 0.3 is 11.8 Å². The van der Waals surface area contributed by atoms with Gasteiger partial charge in [0.2, 0.25) is 10.0 Å². The van der Waals surface area contributed by atoms with Crippen molar-refractivity contribution in [1.82, 2.24) is 9.73 Å². The normalized spacial score (nSPS) is 11.5. The number of sulfonamides is 1. The van der Waals surface area contributed by atoms with Crippen LogP contribution in [0.2, 0.25) is 5.02 Å². The average molecular weight is 609 g/mol. The standard InChI is InChI=1S/C30H29ClN4O6S/c1-3-40-25-12-10-24(11-13-25)33-29(36)30(37)34-32-18-26-14-15-27(41-26)20-35(19-22-6-4-21(2)5-7-22)42(38,39)28-16-8-23(31)9-17-28/h4-18H,3,19-20H2,1-2H3,(H,33,36)(H,34,37)/b32-18+. The predicted octanol–water partition coefficient (Wildman–Crippen LogP) is 5.12. The van der Waals surface area contributed by atoms with E-state index in [0.717, 1.165) is 11.1 Å². The number of benzene rings is 3. The van der Waals surface area contributed by atoms with Crippen molar-refractivity contribution in [3.05, 3.63) is 113 Å². The first kappa shape index (κ1) is 30.5. The lowest BCUT2D eigenvalue weighted by Gasteiger charge is -2.21. The minimum Gasteiger partial charge on any atom is -0.494 e. The second-order valence-electron chi connectivity index (χ2n) is 9.13. The molecule has 12 heteroatoms. The van der Waals surface area contributed by atoms with E-state index in [4.69, 9.17) is 20.8 Å². The van der Waals surface area contributed by atoms with Crippen LogP contribution in [0.1, 0.15) is 29.6 Å². The molecule has 0 spiro atoms. The molecular formula is C30H29ClN4O6S. The molecule has 0 fully saturated rings. The molecule has 0 aliphatic rings. The molecule has 0 unspecified atom stereocenters. The number of hydrogen-bond acceptors (Lipinski definition) is 7. The molecule has 0 radical (unpaired) electrons. The van der Waals surface area contributed by atoms with Crippen LogP contribution in [-0.4, -0.2) is 37.4 Å². The number of aryl methyl sites for hydroxylation is 1. The van der Waals surface area contributed by atoms with Crippen molar-refractivity contribution in [2.24, 2.45) is 5.10 Å². The fourth-order valence-corrected chi connectivity index (χ4v) is 5.32. The van der Waals surface area contributed by atoms with Gasteiger partial charge < -0.3 is 14.5 Å². The zero-order valence-electron chi connectivity index (χ0n) is 22.9. The lowest BCUT2D eigenvalue weighted by atomic mass is 10.1. The number of carbonyl (C=O) groups excluding carboxylic acids is 2. The van der Waals surface area contributed by atoms with Crippen molar-refractivity contribution in [3.8, 4) is 5.75 Å². The van der Waals surface area contributed by atoms with Crippen molar-refractivity contribution in [2.45, 2.75) is 31.8 Å². The Kier molecular flexibility index (Phi) is 10.1. The summed E-state index contributed by atoms with van der Waals surface area (Å²) in [5.41, 5.74) is 4.42. The summed E-state index contributed by atoms with van der Waals surface area (Å²) in [4.78, 5) is 24.4. The summed E-state index contributed by atoms with van der Waals surface area (Å²) in [5.74, 6) is -0.652. The van der Waals surface area contributed by atoms with Crippen LogP contribution < -0.4 is 15.5 Å². The van der Waals surface area contributed by atoms with Gasteiger partial charge in [-0.25, -0.2) is 13.8 Å². The van der Waals surface area contributed by atoms with Crippen LogP contribution in [0, 0.1) is 6.92 Å². The maximum absolute atomic E-state index is 13.5. The quantitative estimate of drug-likeness (QED) is 0.138. The maximum atomic E-state index is 13.5. The molecule has 0 bridgehead atoms. The number of ether oxygens (including phenoxy) is 1. The molecule has 3 aromatic carbocycles. The SMILES string of the molecule is CCOc1ccc(NC(=O)C(=O)N/N=C/c2ccc(CN(Cc3ccc(C)cc3)S(=O)(=O)c3ccc(Cl)cc3)o2)cc1. The largest absolute Gasteiger partial charge is 0.494 e. The third kappa shape index (κ3) is 8.29. The van der Waals surface area contributed by atoms with Gasteiger partial charge in [0.15, 0.2) is 0 Å². The van der Waals surface area contributed by atoms with Crippen LogP contribution in [0.15, 0.2) is 99.3 Å². The van der Waals surface area contributed by atoms with Gasteiger partial charge in [0, 0.05) is 17.3 Å². The minimum atomic E-state index is -3.91. The van der Waals surface area contributed by atoms with E-state index in [9.17, 15) is 18.0 Å². The van der Waals surface area contributed by atoms with Gasteiger partial charge in [-0.2, -0.15) is 9.41 Å². The highest BCUT2D eigenvalue weighted by Crippen LogP contribution is 2.23. The van der Waals surface area contributed by atoms with Gasteiger partial charge in [0.25, 0.3) is 0 Å². The molecular weight excluding hydrogens is 580 g/mol. The van der Waals surface area contributed by atoms with Crippen LogP contribution in [0.5, 0.6) is 5.75 Å². The first-order valence-corrected chi connectivity index (χ1v) is 14.7. The zero-order valence-corrected chi connectivity index (χ0v) is 24.5. The number of nitrogens with one attached hydrogen (secondary N) is 2. The van der Waals surface area contributed by atoms with E-state index in [1.165, 1.54) is 34.8 Å². The number of furan rings is 1. The molecule has 0 atom stereocenters. The summed E-state index contributed by atoms with van der Waals surface area (Å²) in [6, 6.07) is 23.3. The van der Waals surface area contributed by atoms with E-state index < -0.39 is 21.8 Å². The molecule has 218 valence electrons. The number of rotatable bonds is 11. The lowest BCUT2D eigenvalue weighted by Crippen LogP contribution is -2.32. The Morgan fingerprint density at radius 1 is 0.929 bits per heavy atom. The third-order valence-corrected chi connectivity index (χ3v) is 7.99. The molecule has 0 saturated carbocycles. The number of carbonyl (C=O) groups is 2. The third-order valence-electron chi connectivity index (χ3n) is 5.93. The monoisotopic (exact) mass is 608 g/mol. The highest BCUT2D eigenvalue weighted by Gasteiger charge is 2.26. The lowest BCUT2D eigenvalue weighted by molar-refractivity contribution is -0.136.